The standard InChI is InChI=1S/C22H29N3O3/c1-17(26)25-15-21(22(16-25)10-11-23(2)20(22)28)8-12-24(13-9-21)19(27)14-18-6-4-3-5-7-18/h3-7H,8-16H2,1-2H3. The van der Waals surface area contributed by atoms with Crippen LogP contribution in [0.15, 0.2) is 30.3 Å². The van der Waals surface area contributed by atoms with Gasteiger partial charge in [-0.05, 0) is 24.8 Å². The van der Waals surface area contributed by atoms with Crippen molar-refractivity contribution in [1.82, 2.24) is 14.7 Å². The molecule has 3 heterocycles. The first kappa shape index (κ1) is 19.0. The van der Waals surface area contributed by atoms with Crippen molar-refractivity contribution in [2.24, 2.45) is 10.8 Å². The Morgan fingerprint density at radius 3 is 2.21 bits per heavy atom. The van der Waals surface area contributed by atoms with Gasteiger partial charge in [0.15, 0.2) is 0 Å². The summed E-state index contributed by atoms with van der Waals surface area (Å²) >= 11 is 0. The molecule has 0 aromatic heterocycles. The Balaban J connectivity index is 1.50. The highest BCUT2D eigenvalue weighted by atomic mass is 16.2. The van der Waals surface area contributed by atoms with Crippen LogP contribution >= 0.6 is 0 Å². The Morgan fingerprint density at radius 2 is 1.64 bits per heavy atom. The molecule has 28 heavy (non-hydrogen) atoms. The number of likely N-dealkylation sites (tertiary alicyclic amines) is 3. The van der Waals surface area contributed by atoms with E-state index in [4.69, 9.17) is 0 Å². The minimum Gasteiger partial charge on any atom is -0.345 e. The van der Waals surface area contributed by atoms with E-state index in [1.54, 1.807) is 6.92 Å². The quantitative estimate of drug-likeness (QED) is 0.779. The van der Waals surface area contributed by atoms with Crippen molar-refractivity contribution in [2.75, 3.05) is 39.8 Å². The van der Waals surface area contributed by atoms with Gasteiger partial charge < -0.3 is 14.7 Å². The minimum atomic E-state index is -0.470. The van der Waals surface area contributed by atoms with Gasteiger partial charge in [-0.2, -0.15) is 0 Å². The van der Waals surface area contributed by atoms with Gasteiger partial charge in [-0.1, -0.05) is 30.3 Å². The number of carbonyl (C=O) groups excluding carboxylic acids is 3. The second-order valence-electron chi connectivity index (χ2n) is 8.76. The highest BCUT2D eigenvalue weighted by Gasteiger charge is 2.65. The molecule has 1 aromatic carbocycles. The van der Waals surface area contributed by atoms with Crippen LogP contribution in [0.2, 0.25) is 0 Å². The van der Waals surface area contributed by atoms with E-state index < -0.39 is 5.41 Å². The van der Waals surface area contributed by atoms with E-state index >= 15 is 0 Å². The van der Waals surface area contributed by atoms with E-state index in [-0.39, 0.29) is 23.1 Å². The fraction of sp³-hybridized carbons (Fsp3) is 0.591. The van der Waals surface area contributed by atoms with E-state index in [0.717, 1.165) is 31.4 Å². The summed E-state index contributed by atoms with van der Waals surface area (Å²) in [6.07, 6.45) is 2.80. The summed E-state index contributed by atoms with van der Waals surface area (Å²) in [5, 5.41) is 0. The molecule has 4 rings (SSSR count). The molecule has 150 valence electrons. The van der Waals surface area contributed by atoms with Crippen LogP contribution in [0.4, 0.5) is 0 Å². The number of hydrogen-bond donors (Lipinski definition) is 0. The first-order valence-corrected chi connectivity index (χ1v) is 10.2. The van der Waals surface area contributed by atoms with Crippen LogP contribution in [-0.2, 0) is 20.8 Å². The second kappa shape index (κ2) is 6.90. The molecule has 1 unspecified atom stereocenters. The van der Waals surface area contributed by atoms with E-state index in [1.165, 1.54) is 0 Å². The van der Waals surface area contributed by atoms with Gasteiger partial charge in [0.05, 0.1) is 11.8 Å². The number of benzene rings is 1. The SMILES string of the molecule is CC(=O)N1CC2(CCN(C(=O)Cc3ccccc3)CC2)C2(CCN(C)C2=O)C1. The molecule has 3 aliphatic rings. The number of carbonyl (C=O) groups is 3. The monoisotopic (exact) mass is 383 g/mol. The molecule has 0 radical (unpaired) electrons. The van der Waals surface area contributed by atoms with Crippen molar-refractivity contribution in [3.8, 4) is 0 Å². The smallest absolute Gasteiger partial charge is 0.231 e. The molecule has 2 spiro atoms. The lowest BCUT2D eigenvalue weighted by Gasteiger charge is -2.46. The van der Waals surface area contributed by atoms with Crippen molar-refractivity contribution in [3.05, 3.63) is 35.9 Å². The number of fused-ring (bicyclic) bond motifs is 1. The van der Waals surface area contributed by atoms with Gasteiger partial charge in [0.2, 0.25) is 17.7 Å². The van der Waals surface area contributed by atoms with E-state index in [0.29, 0.717) is 32.6 Å². The Hall–Kier alpha value is -2.37. The van der Waals surface area contributed by atoms with E-state index in [9.17, 15) is 14.4 Å². The van der Waals surface area contributed by atoms with E-state index in [1.807, 2.05) is 52.1 Å². The Morgan fingerprint density at radius 1 is 0.964 bits per heavy atom. The number of piperidine rings is 1. The summed E-state index contributed by atoms with van der Waals surface area (Å²) in [6, 6.07) is 9.82. The average molecular weight is 383 g/mol. The molecule has 3 amide bonds. The van der Waals surface area contributed by atoms with Crippen molar-refractivity contribution in [3.63, 3.8) is 0 Å². The van der Waals surface area contributed by atoms with Gasteiger partial charge in [-0.15, -0.1) is 0 Å². The highest BCUT2D eigenvalue weighted by molar-refractivity contribution is 5.88. The van der Waals surface area contributed by atoms with Crippen LogP contribution in [0.3, 0.4) is 0 Å². The maximum absolute atomic E-state index is 13.1. The summed E-state index contributed by atoms with van der Waals surface area (Å²) in [7, 11) is 1.86. The summed E-state index contributed by atoms with van der Waals surface area (Å²) in [6.45, 7) is 4.84. The maximum atomic E-state index is 13.1. The number of amides is 3. The van der Waals surface area contributed by atoms with Crippen molar-refractivity contribution in [1.29, 1.82) is 0 Å². The average Bonchev–Trinajstić information content (AvgIpc) is 3.16. The molecule has 1 aromatic rings. The minimum absolute atomic E-state index is 0.0428. The molecular formula is C22H29N3O3. The van der Waals surface area contributed by atoms with Crippen molar-refractivity contribution >= 4 is 17.7 Å². The molecular weight excluding hydrogens is 354 g/mol. The third kappa shape index (κ3) is 2.90. The van der Waals surface area contributed by atoms with Crippen LogP contribution in [-0.4, -0.2) is 72.2 Å². The predicted octanol–water partition coefficient (Wildman–Crippen LogP) is 1.55. The molecule has 3 aliphatic heterocycles. The van der Waals surface area contributed by atoms with Gasteiger partial charge in [0.25, 0.3) is 0 Å². The Bertz CT molecular complexity index is 785. The summed E-state index contributed by atoms with van der Waals surface area (Å²) < 4.78 is 0. The number of hydrogen-bond acceptors (Lipinski definition) is 3. The first-order valence-electron chi connectivity index (χ1n) is 10.2. The van der Waals surface area contributed by atoms with Gasteiger partial charge in [-0.25, -0.2) is 0 Å². The summed E-state index contributed by atoms with van der Waals surface area (Å²) in [5.74, 6) is 0.368. The van der Waals surface area contributed by atoms with Gasteiger partial charge in [-0.3, -0.25) is 14.4 Å². The normalized spacial score (nSPS) is 26.5. The Labute approximate surface area is 166 Å². The van der Waals surface area contributed by atoms with Gasteiger partial charge in [0.1, 0.15) is 0 Å². The highest BCUT2D eigenvalue weighted by Crippen LogP contribution is 2.57. The van der Waals surface area contributed by atoms with Gasteiger partial charge in [0, 0.05) is 52.1 Å². The molecule has 0 aliphatic carbocycles. The van der Waals surface area contributed by atoms with Gasteiger partial charge >= 0.3 is 0 Å². The molecule has 3 fully saturated rings. The fourth-order valence-electron chi connectivity index (χ4n) is 5.56. The van der Waals surface area contributed by atoms with Crippen LogP contribution in [0.1, 0.15) is 31.7 Å². The third-order valence-electron chi connectivity index (χ3n) is 7.32. The zero-order valence-corrected chi connectivity index (χ0v) is 16.8. The first-order chi connectivity index (χ1) is 13.4. The molecule has 3 saturated heterocycles. The summed E-state index contributed by atoms with van der Waals surface area (Å²) in [4.78, 5) is 43.6. The van der Waals surface area contributed by atoms with Crippen LogP contribution in [0.5, 0.6) is 0 Å². The van der Waals surface area contributed by atoms with Crippen LogP contribution < -0.4 is 0 Å². The summed E-state index contributed by atoms with van der Waals surface area (Å²) in [5.41, 5.74) is 0.354. The lowest BCUT2D eigenvalue weighted by atomic mass is 9.60. The molecule has 1 atom stereocenters. The fourth-order valence-corrected chi connectivity index (χ4v) is 5.56. The topological polar surface area (TPSA) is 60.9 Å². The van der Waals surface area contributed by atoms with Crippen molar-refractivity contribution < 1.29 is 14.4 Å². The van der Waals surface area contributed by atoms with Crippen LogP contribution in [0, 0.1) is 10.8 Å². The molecule has 0 N–H and O–H groups in total. The largest absolute Gasteiger partial charge is 0.345 e. The Kier molecular flexibility index (Phi) is 4.68. The molecule has 6 nitrogen and oxygen atoms in total. The van der Waals surface area contributed by atoms with Crippen molar-refractivity contribution in [2.45, 2.75) is 32.6 Å². The van der Waals surface area contributed by atoms with E-state index in [2.05, 4.69) is 0 Å². The number of nitrogens with zero attached hydrogens (tertiary/aromatic N) is 3. The molecule has 6 heteroatoms. The molecule has 0 saturated carbocycles. The van der Waals surface area contributed by atoms with Crippen LogP contribution in [0.25, 0.3) is 0 Å². The second-order valence-corrected chi connectivity index (χ2v) is 8.76. The number of rotatable bonds is 2. The molecule has 0 bridgehead atoms. The zero-order chi connectivity index (χ0) is 19.9. The predicted molar refractivity (Wildman–Crippen MR) is 105 cm³/mol. The zero-order valence-electron chi connectivity index (χ0n) is 16.8. The third-order valence-corrected chi connectivity index (χ3v) is 7.32. The lowest BCUT2D eigenvalue weighted by Crippen LogP contribution is -2.53. The maximum Gasteiger partial charge on any atom is 0.231 e. The lowest BCUT2D eigenvalue weighted by molar-refractivity contribution is -0.143.